The first kappa shape index (κ1) is 16.4. The molecule has 3 heterocycles. The summed E-state index contributed by atoms with van der Waals surface area (Å²) in [6.07, 6.45) is 4.95. The number of piperidine rings is 3. The Balaban J connectivity index is 1.42. The highest BCUT2D eigenvalue weighted by Crippen LogP contribution is 2.38. The van der Waals surface area contributed by atoms with Gasteiger partial charge < -0.3 is 15.1 Å². The number of aryl methyl sites for hydroxylation is 1. The summed E-state index contributed by atoms with van der Waals surface area (Å²) in [7, 11) is 0. The van der Waals surface area contributed by atoms with E-state index in [0.717, 1.165) is 51.0 Å². The fraction of sp³-hybridized carbons (Fsp3) is 0.600. The molecule has 4 rings (SSSR count). The number of hydrogen-bond donors (Lipinski definition) is 1. The van der Waals surface area contributed by atoms with E-state index < -0.39 is 0 Å². The van der Waals surface area contributed by atoms with E-state index in [2.05, 4.69) is 29.3 Å². The second-order valence-corrected chi connectivity index (χ2v) is 7.75. The standard InChI is InChI=1S/C20H27N3O2/c1-2-14-6-8-17(9-7-14)21-20(25)22-11-15-10-16(13-22)18-4-3-5-19(24)23(18)12-15/h6-9,15-16,18H,2-5,10-13H2,1H3,(H,21,25)/t15?,16?,18-/m1/s1. The minimum atomic E-state index is -0.00506. The van der Waals surface area contributed by atoms with Gasteiger partial charge in [-0.15, -0.1) is 0 Å². The number of benzene rings is 1. The number of rotatable bonds is 2. The molecule has 3 amide bonds. The lowest BCUT2D eigenvalue weighted by atomic mass is 9.76. The summed E-state index contributed by atoms with van der Waals surface area (Å²) in [5, 5.41) is 3.04. The van der Waals surface area contributed by atoms with Crippen molar-refractivity contribution >= 4 is 17.6 Å². The molecule has 0 saturated carbocycles. The lowest BCUT2D eigenvalue weighted by molar-refractivity contribution is -0.144. The molecule has 3 aliphatic heterocycles. The van der Waals surface area contributed by atoms with Crippen molar-refractivity contribution in [1.29, 1.82) is 0 Å². The first-order chi connectivity index (χ1) is 12.1. The zero-order chi connectivity index (χ0) is 17.4. The van der Waals surface area contributed by atoms with Gasteiger partial charge in [-0.25, -0.2) is 4.79 Å². The number of nitrogens with one attached hydrogen (secondary N) is 1. The Morgan fingerprint density at radius 2 is 2.00 bits per heavy atom. The molecule has 1 N–H and O–H groups in total. The Kier molecular flexibility index (Phi) is 4.40. The molecule has 0 aliphatic carbocycles. The predicted octanol–water partition coefficient (Wildman–Crippen LogP) is 3.11. The van der Waals surface area contributed by atoms with Crippen LogP contribution < -0.4 is 5.32 Å². The molecule has 1 aromatic carbocycles. The number of likely N-dealkylation sites (tertiary alicyclic amines) is 1. The molecule has 134 valence electrons. The minimum absolute atomic E-state index is 0.00506. The molecular weight excluding hydrogens is 314 g/mol. The van der Waals surface area contributed by atoms with Crippen molar-refractivity contribution in [2.45, 2.75) is 45.1 Å². The summed E-state index contributed by atoms with van der Waals surface area (Å²) in [5.41, 5.74) is 2.12. The van der Waals surface area contributed by atoms with Crippen LogP contribution in [0.2, 0.25) is 0 Å². The number of carbonyl (C=O) groups is 2. The van der Waals surface area contributed by atoms with E-state index in [1.165, 1.54) is 5.56 Å². The van der Waals surface area contributed by atoms with Crippen molar-refractivity contribution in [2.24, 2.45) is 11.8 Å². The van der Waals surface area contributed by atoms with Gasteiger partial charge in [0.05, 0.1) is 0 Å². The van der Waals surface area contributed by atoms with Gasteiger partial charge >= 0.3 is 6.03 Å². The van der Waals surface area contributed by atoms with Gasteiger partial charge in [-0.3, -0.25) is 4.79 Å². The van der Waals surface area contributed by atoms with Crippen LogP contribution in [0.1, 0.15) is 38.2 Å². The quantitative estimate of drug-likeness (QED) is 0.898. The zero-order valence-corrected chi connectivity index (χ0v) is 14.9. The Morgan fingerprint density at radius 3 is 2.76 bits per heavy atom. The molecule has 5 heteroatoms. The average molecular weight is 341 g/mol. The Bertz CT molecular complexity index is 657. The predicted molar refractivity (Wildman–Crippen MR) is 97.4 cm³/mol. The molecule has 0 spiro atoms. The van der Waals surface area contributed by atoms with Gasteiger partial charge in [-0.1, -0.05) is 19.1 Å². The summed E-state index contributed by atoms with van der Waals surface area (Å²) >= 11 is 0. The van der Waals surface area contributed by atoms with E-state index in [-0.39, 0.29) is 6.03 Å². The van der Waals surface area contributed by atoms with Gasteiger partial charge in [0.2, 0.25) is 5.91 Å². The summed E-state index contributed by atoms with van der Waals surface area (Å²) in [6.45, 7) is 4.48. The summed E-state index contributed by atoms with van der Waals surface area (Å²) in [5.74, 6) is 1.18. The van der Waals surface area contributed by atoms with Gasteiger partial charge in [-0.05, 0) is 55.2 Å². The Labute approximate surface area is 149 Å². The molecule has 3 aliphatic rings. The maximum Gasteiger partial charge on any atom is 0.321 e. The number of amides is 3. The highest BCUT2D eigenvalue weighted by atomic mass is 16.2. The fourth-order valence-electron chi connectivity index (χ4n) is 4.80. The fourth-order valence-corrected chi connectivity index (χ4v) is 4.80. The molecule has 1 aromatic rings. The Hall–Kier alpha value is -2.04. The van der Waals surface area contributed by atoms with Crippen LogP contribution in [0.4, 0.5) is 10.5 Å². The number of anilines is 1. The van der Waals surface area contributed by atoms with Gasteiger partial charge in [0, 0.05) is 37.8 Å². The Morgan fingerprint density at radius 1 is 1.20 bits per heavy atom. The van der Waals surface area contributed by atoms with Gasteiger partial charge in [0.25, 0.3) is 0 Å². The molecular formula is C20H27N3O2. The van der Waals surface area contributed by atoms with Gasteiger partial charge in [0.15, 0.2) is 0 Å². The van der Waals surface area contributed by atoms with Crippen LogP contribution in [-0.4, -0.2) is 47.4 Å². The number of nitrogens with zero attached hydrogens (tertiary/aromatic N) is 2. The summed E-state index contributed by atoms with van der Waals surface area (Å²) < 4.78 is 0. The highest BCUT2D eigenvalue weighted by Gasteiger charge is 2.44. The third-order valence-electron chi connectivity index (χ3n) is 6.08. The van der Waals surface area contributed by atoms with E-state index in [0.29, 0.717) is 30.2 Å². The highest BCUT2D eigenvalue weighted by molar-refractivity contribution is 5.89. The number of hydrogen-bond acceptors (Lipinski definition) is 2. The molecule has 0 aromatic heterocycles. The number of fused-ring (bicyclic) bond motifs is 4. The largest absolute Gasteiger partial charge is 0.339 e. The molecule has 3 fully saturated rings. The smallest absolute Gasteiger partial charge is 0.321 e. The first-order valence-electron chi connectivity index (χ1n) is 9.58. The minimum Gasteiger partial charge on any atom is -0.339 e. The van der Waals surface area contributed by atoms with E-state index in [1.54, 1.807) is 0 Å². The molecule has 3 saturated heterocycles. The lowest BCUT2D eigenvalue weighted by Gasteiger charge is -2.52. The van der Waals surface area contributed by atoms with Crippen molar-refractivity contribution < 1.29 is 9.59 Å². The van der Waals surface area contributed by atoms with Crippen LogP contribution >= 0.6 is 0 Å². The number of urea groups is 1. The maximum absolute atomic E-state index is 12.7. The van der Waals surface area contributed by atoms with Crippen molar-refractivity contribution in [3.63, 3.8) is 0 Å². The molecule has 2 bridgehead atoms. The van der Waals surface area contributed by atoms with Gasteiger partial charge in [0.1, 0.15) is 0 Å². The van der Waals surface area contributed by atoms with Crippen LogP contribution in [0.3, 0.4) is 0 Å². The second kappa shape index (κ2) is 6.70. The summed E-state index contributed by atoms with van der Waals surface area (Å²) in [6, 6.07) is 8.41. The average Bonchev–Trinajstić information content (AvgIpc) is 2.63. The SMILES string of the molecule is CCc1ccc(NC(=O)N2CC3CC(C2)[C@H]2CCCC(=O)N2C3)cc1. The van der Waals surface area contributed by atoms with E-state index >= 15 is 0 Å². The number of carbonyl (C=O) groups excluding carboxylic acids is 2. The van der Waals surface area contributed by atoms with Crippen molar-refractivity contribution in [1.82, 2.24) is 9.80 Å². The van der Waals surface area contributed by atoms with Gasteiger partial charge in [-0.2, -0.15) is 0 Å². The monoisotopic (exact) mass is 341 g/mol. The normalized spacial score (nSPS) is 28.5. The third kappa shape index (κ3) is 3.24. The van der Waals surface area contributed by atoms with Crippen LogP contribution in [0, 0.1) is 11.8 Å². The lowest BCUT2D eigenvalue weighted by Crippen LogP contribution is -2.61. The van der Waals surface area contributed by atoms with Crippen LogP contribution in [-0.2, 0) is 11.2 Å². The molecule has 2 unspecified atom stereocenters. The second-order valence-electron chi connectivity index (χ2n) is 7.75. The van der Waals surface area contributed by atoms with E-state index in [1.807, 2.05) is 17.0 Å². The summed E-state index contributed by atoms with van der Waals surface area (Å²) in [4.78, 5) is 29.0. The van der Waals surface area contributed by atoms with Crippen LogP contribution in [0.25, 0.3) is 0 Å². The van der Waals surface area contributed by atoms with Crippen LogP contribution in [0.5, 0.6) is 0 Å². The molecule has 5 nitrogen and oxygen atoms in total. The maximum atomic E-state index is 12.7. The molecule has 3 atom stereocenters. The van der Waals surface area contributed by atoms with Crippen LogP contribution in [0.15, 0.2) is 24.3 Å². The topological polar surface area (TPSA) is 52.7 Å². The van der Waals surface area contributed by atoms with E-state index in [9.17, 15) is 9.59 Å². The van der Waals surface area contributed by atoms with Crippen molar-refractivity contribution in [3.8, 4) is 0 Å². The molecule has 25 heavy (non-hydrogen) atoms. The van der Waals surface area contributed by atoms with Crippen molar-refractivity contribution in [2.75, 3.05) is 25.0 Å². The zero-order valence-electron chi connectivity index (χ0n) is 14.9. The van der Waals surface area contributed by atoms with Crippen molar-refractivity contribution in [3.05, 3.63) is 29.8 Å². The molecule has 0 radical (unpaired) electrons. The third-order valence-corrected chi connectivity index (χ3v) is 6.08. The van der Waals surface area contributed by atoms with E-state index in [4.69, 9.17) is 0 Å². The first-order valence-corrected chi connectivity index (χ1v) is 9.58.